The van der Waals surface area contributed by atoms with Crippen LogP contribution in [0.3, 0.4) is 0 Å². The molecule has 2 nitrogen and oxygen atoms in total. The van der Waals surface area contributed by atoms with E-state index in [9.17, 15) is 0 Å². The van der Waals surface area contributed by atoms with Gasteiger partial charge in [0.1, 0.15) is 0 Å². The number of hydrogen-bond donors (Lipinski definition) is 0. The van der Waals surface area contributed by atoms with Gasteiger partial charge >= 0.3 is 17.1 Å². The standard InChI is InChI=1S/C10H8N2.Mn/c1-3-7-11-9(5-1)10-6-2-4-8-12-10;/h1-8H;/q;+2. The van der Waals surface area contributed by atoms with Gasteiger partial charge in [-0.2, -0.15) is 0 Å². The molecule has 0 aromatic carbocycles. The van der Waals surface area contributed by atoms with E-state index in [1.807, 2.05) is 36.4 Å². The Labute approximate surface area is 87.5 Å². The monoisotopic (exact) mass is 211 g/mol. The summed E-state index contributed by atoms with van der Waals surface area (Å²) in [7, 11) is 0. The Morgan fingerprint density at radius 1 is 0.692 bits per heavy atom. The van der Waals surface area contributed by atoms with Crippen LogP contribution in [0.1, 0.15) is 0 Å². The number of aromatic nitrogens is 2. The minimum atomic E-state index is 0. The maximum atomic E-state index is 4.19. The van der Waals surface area contributed by atoms with Crippen LogP contribution in [0.15, 0.2) is 48.8 Å². The molecule has 0 fully saturated rings. The molecule has 3 heteroatoms. The van der Waals surface area contributed by atoms with E-state index < -0.39 is 0 Å². The topological polar surface area (TPSA) is 25.8 Å². The average Bonchev–Trinajstić information content (AvgIpc) is 2.21. The Morgan fingerprint density at radius 3 is 1.46 bits per heavy atom. The van der Waals surface area contributed by atoms with Crippen molar-refractivity contribution in [3.05, 3.63) is 48.8 Å². The normalized spacial score (nSPS) is 8.92. The van der Waals surface area contributed by atoms with Gasteiger partial charge in [0.05, 0.1) is 11.4 Å². The van der Waals surface area contributed by atoms with Gasteiger partial charge in [0.25, 0.3) is 0 Å². The van der Waals surface area contributed by atoms with Crippen LogP contribution in [0.5, 0.6) is 0 Å². The predicted molar refractivity (Wildman–Crippen MR) is 47.5 cm³/mol. The van der Waals surface area contributed by atoms with E-state index in [1.54, 1.807) is 12.4 Å². The Morgan fingerprint density at radius 2 is 1.15 bits per heavy atom. The summed E-state index contributed by atoms with van der Waals surface area (Å²) < 4.78 is 0. The predicted octanol–water partition coefficient (Wildman–Crippen LogP) is 2.14. The van der Waals surface area contributed by atoms with Crippen LogP contribution in [0.2, 0.25) is 0 Å². The molecule has 0 saturated carbocycles. The van der Waals surface area contributed by atoms with Crippen molar-refractivity contribution in [3.8, 4) is 11.4 Å². The molecule has 0 aliphatic carbocycles. The van der Waals surface area contributed by atoms with Gasteiger partial charge in [-0.15, -0.1) is 0 Å². The Hall–Kier alpha value is -1.18. The molecular weight excluding hydrogens is 203 g/mol. The summed E-state index contributed by atoms with van der Waals surface area (Å²) in [5.41, 5.74) is 1.83. The van der Waals surface area contributed by atoms with Gasteiger partial charge in [0.15, 0.2) is 0 Å². The van der Waals surface area contributed by atoms with Gasteiger partial charge in [-0.25, -0.2) is 0 Å². The summed E-state index contributed by atoms with van der Waals surface area (Å²) in [6.45, 7) is 0. The van der Waals surface area contributed by atoms with Crippen molar-refractivity contribution in [3.63, 3.8) is 0 Å². The maximum Gasteiger partial charge on any atom is 2.00 e. The van der Waals surface area contributed by atoms with Crippen LogP contribution in [-0.4, -0.2) is 9.97 Å². The van der Waals surface area contributed by atoms with Crippen LogP contribution in [0, 0.1) is 0 Å². The first-order valence-corrected chi connectivity index (χ1v) is 3.79. The first-order chi connectivity index (χ1) is 5.97. The van der Waals surface area contributed by atoms with Gasteiger partial charge in [0, 0.05) is 12.4 Å². The van der Waals surface area contributed by atoms with Crippen molar-refractivity contribution in [2.45, 2.75) is 0 Å². The quantitative estimate of drug-likeness (QED) is 0.675. The Balaban J connectivity index is 0.000000845. The number of pyridine rings is 2. The molecule has 0 unspecified atom stereocenters. The van der Waals surface area contributed by atoms with Crippen molar-refractivity contribution in [1.82, 2.24) is 9.97 Å². The van der Waals surface area contributed by atoms with E-state index in [1.165, 1.54) is 0 Å². The summed E-state index contributed by atoms with van der Waals surface area (Å²) in [6.07, 6.45) is 3.54. The third-order valence-corrected chi connectivity index (χ3v) is 1.59. The zero-order valence-corrected chi connectivity index (χ0v) is 8.07. The molecule has 0 N–H and O–H groups in total. The molecule has 0 aliphatic heterocycles. The van der Waals surface area contributed by atoms with Crippen LogP contribution >= 0.6 is 0 Å². The minimum Gasteiger partial charge on any atom is -0.255 e. The zero-order valence-electron chi connectivity index (χ0n) is 6.89. The van der Waals surface area contributed by atoms with E-state index >= 15 is 0 Å². The number of nitrogens with zero attached hydrogens (tertiary/aromatic N) is 2. The molecule has 2 aromatic heterocycles. The smallest absolute Gasteiger partial charge is 0.255 e. The second-order valence-electron chi connectivity index (χ2n) is 2.43. The largest absolute Gasteiger partial charge is 2.00 e. The van der Waals surface area contributed by atoms with Crippen LogP contribution in [0.4, 0.5) is 0 Å². The SMILES string of the molecule is [Mn+2].c1ccc(-c2ccccn2)nc1. The molecule has 0 amide bonds. The van der Waals surface area contributed by atoms with Crippen molar-refractivity contribution >= 4 is 0 Å². The second-order valence-corrected chi connectivity index (χ2v) is 2.43. The fourth-order valence-corrected chi connectivity index (χ4v) is 1.03. The molecule has 2 aromatic rings. The first kappa shape index (κ1) is 9.90. The van der Waals surface area contributed by atoms with Crippen molar-refractivity contribution in [2.24, 2.45) is 0 Å². The van der Waals surface area contributed by atoms with E-state index in [0.29, 0.717) is 0 Å². The third-order valence-electron chi connectivity index (χ3n) is 1.59. The summed E-state index contributed by atoms with van der Waals surface area (Å²) in [5, 5.41) is 0. The molecule has 0 saturated heterocycles. The molecular formula is C10H8MnN2+2. The summed E-state index contributed by atoms with van der Waals surface area (Å²) >= 11 is 0. The molecule has 2 heterocycles. The molecule has 0 spiro atoms. The van der Waals surface area contributed by atoms with E-state index in [2.05, 4.69) is 9.97 Å². The zero-order chi connectivity index (χ0) is 8.23. The minimum absolute atomic E-state index is 0. The van der Waals surface area contributed by atoms with Gasteiger partial charge in [-0.3, -0.25) is 9.97 Å². The van der Waals surface area contributed by atoms with Gasteiger partial charge in [0.2, 0.25) is 0 Å². The first-order valence-electron chi connectivity index (χ1n) is 3.79. The van der Waals surface area contributed by atoms with Crippen molar-refractivity contribution in [2.75, 3.05) is 0 Å². The summed E-state index contributed by atoms with van der Waals surface area (Å²) in [5.74, 6) is 0. The average molecular weight is 211 g/mol. The molecule has 0 aliphatic rings. The Bertz CT molecular complexity index is 310. The van der Waals surface area contributed by atoms with Crippen LogP contribution in [0.25, 0.3) is 11.4 Å². The summed E-state index contributed by atoms with van der Waals surface area (Å²) in [4.78, 5) is 8.37. The van der Waals surface area contributed by atoms with E-state index in [-0.39, 0.29) is 17.1 Å². The van der Waals surface area contributed by atoms with Crippen molar-refractivity contribution in [1.29, 1.82) is 0 Å². The molecule has 63 valence electrons. The van der Waals surface area contributed by atoms with Gasteiger partial charge in [-0.05, 0) is 24.3 Å². The molecule has 1 radical (unpaired) electrons. The molecule has 13 heavy (non-hydrogen) atoms. The van der Waals surface area contributed by atoms with Crippen molar-refractivity contribution < 1.29 is 17.1 Å². The molecule has 2 rings (SSSR count). The molecule has 0 atom stereocenters. The fraction of sp³-hybridized carbons (Fsp3) is 0. The van der Waals surface area contributed by atoms with E-state index in [0.717, 1.165) is 11.4 Å². The van der Waals surface area contributed by atoms with Crippen LogP contribution in [-0.2, 0) is 17.1 Å². The van der Waals surface area contributed by atoms with Crippen LogP contribution < -0.4 is 0 Å². The maximum absolute atomic E-state index is 4.19. The van der Waals surface area contributed by atoms with Gasteiger partial charge in [-0.1, -0.05) is 12.1 Å². The molecule has 0 bridgehead atoms. The third kappa shape index (κ3) is 2.38. The number of rotatable bonds is 1. The fourth-order valence-electron chi connectivity index (χ4n) is 1.03. The Kier molecular flexibility index (Phi) is 3.62. The number of hydrogen-bond acceptors (Lipinski definition) is 2. The summed E-state index contributed by atoms with van der Waals surface area (Å²) in [6, 6.07) is 11.6. The van der Waals surface area contributed by atoms with Gasteiger partial charge < -0.3 is 0 Å². The second kappa shape index (κ2) is 4.75. The van der Waals surface area contributed by atoms with E-state index in [4.69, 9.17) is 0 Å².